The minimum atomic E-state index is -0.455. The fourth-order valence-electron chi connectivity index (χ4n) is 2.87. The first-order chi connectivity index (χ1) is 13.9. The average Bonchev–Trinajstić information content (AvgIpc) is 3.28. The van der Waals surface area contributed by atoms with Crippen LogP contribution in [-0.4, -0.2) is 15.2 Å². The Labute approximate surface area is 176 Å². The highest BCUT2D eigenvalue weighted by Gasteiger charge is 2.33. The van der Waals surface area contributed by atoms with Gasteiger partial charge >= 0.3 is 0 Å². The number of anilines is 1. The molecule has 0 N–H and O–H groups in total. The lowest BCUT2D eigenvalue weighted by atomic mass is 10.1. The van der Waals surface area contributed by atoms with Crippen LogP contribution in [0.15, 0.2) is 70.0 Å². The number of amides is 1. The molecule has 8 heteroatoms. The van der Waals surface area contributed by atoms with Crippen molar-refractivity contribution in [3.63, 3.8) is 0 Å². The van der Waals surface area contributed by atoms with Crippen molar-refractivity contribution in [3.05, 3.63) is 87.0 Å². The van der Waals surface area contributed by atoms with Crippen LogP contribution < -0.4 is 4.90 Å². The van der Waals surface area contributed by atoms with Crippen molar-refractivity contribution in [2.45, 2.75) is 6.92 Å². The van der Waals surface area contributed by atoms with E-state index in [0.717, 1.165) is 11.3 Å². The van der Waals surface area contributed by atoms with Gasteiger partial charge in [-0.2, -0.15) is 0 Å². The smallest absolute Gasteiger partial charge is 0.270 e. The van der Waals surface area contributed by atoms with Crippen molar-refractivity contribution >= 4 is 51.7 Å². The van der Waals surface area contributed by atoms with Crippen LogP contribution in [0.3, 0.4) is 0 Å². The Morgan fingerprint density at radius 1 is 1.14 bits per heavy atom. The Morgan fingerprint density at radius 3 is 2.62 bits per heavy atom. The van der Waals surface area contributed by atoms with Crippen molar-refractivity contribution in [2.24, 2.45) is 0 Å². The first-order valence-corrected chi connectivity index (χ1v) is 9.84. The van der Waals surface area contributed by atoms with Gasteiger partial charge in [-0.05, 0) is 31.2 Å². The molecule has 1 saturated heterocycles. The van der Waals surface area contributed by atoms with Gasteiger partial charge in [-0.15, -0.1) is 0 Å². The summed E-state index contributed by atoms with van der Waals surface area (Å²) in [6.45, 7) is 1.98. The third-order valence-electron chi connectivity index (χ3n) is 4.33. The number of benzene rings is 2. The number of rotatable bonds is 4. The maximum Gasteiger partial charge on any atom is 0.270 e. The van der Waals surface area contributed by atoms with Gasteiger partial charge in [0.05, 0.1) is 15.5 Å². The van der Waals surface area contributed by atoms with Crippen LogP contribution >= 0.6 is 24.0 Å². The van der Waals surface area contributed by atoms with Gasteiger partial charge in [0.2, 0.25) is 0 Å². The van der Waals surface area contributed by atoms with E-state index in [0.29, 0.717) is 26.3 Å². The molecule has 2 heterocycles. The molecule has 1 fully saturated rings. The molecule has 29 heavy (non-hydrogen) atoms. The molecular weight excluding hydrogens is 408 g/mol. The van der Waals surface area contributed by atoms with Gasteiger partial charge in [-0.1, -0.05) is 53.8 Å². The van der Waals surface area contributed by atoms with Gasteiger partial charge in [0.25, 0.3) is 11.6 Å². The molecule has 2 aromatic carbocycles. The zero-order chi connectivity index (χ0) is 20.5. The Kier molecular flexibility index (Phi) is 5.04. The van der Waals surface area contributed by atoms with E-state index in [9.17, 15) is 14.9 Å². The molecule has 1 aliphatic heterocycles. The zero-order valence-electron chi connectivity index (χ0n) is 15.2. The lowest BCUT2D eigenvalue weighted by Gasteiger charge is -2.14. The van der Waals surface area contributed by atoms with E-state index in [-0.39, 0.29) is 11.6 Å². The van der Waals surface area contributed by atoms with Crippen LogP contribution in [0.5, 0.6) is 0 Å². The van der Waals surface area contributed by atoms with E-state index in [1.54, 1.807) is 30.3 Å². The van der Waals surface area contributed by atoms with Crippen LogP contribution in [-0.2, 0) is 4.79 Å². The maximum atomic E-state index is 12.8. The summed E-state index contributed by atoms with van der Waals surface area (Å²) in [4.78, 5) is 25.3. The first kappa shape index (κ1) is 19.1. The van der Waals surface area contributed by atoms with Crippen molar-refractivity contribution in [1.82, 2.24) is 0 Å². The lowest BCUT2D eigenvalue weighted by molar-refractivity contribution is -0.384. The third-order valence-corrected chi connectivity index (χ3v) is 5.63. The fraction of sp³-hybridized carbons (Fsp3) is 0.0476. The van der Waals surface area contributed by atoms with Crippen LogP contribution in [0.4, 0.5) is 11.4 Å². The summed E-state index contributed by atoms with van der Waals surface area (Å²) in [5, 5.41) is 11.0. The molecular formula is C21H14N2O4S2. The number of aryl methyl sites for hydroxylation is 1. The van der Waals surface area contributed by atoms with Crippen LogP contribution in [0.2, 0.25) is 0 Å². The topological polar surface area (TPSA) is 76.6 Å². The van der Waals surface area contributed by atoms with Crippen molar-refractivity contribution < 1.29 is 14.1 Å². The van der Waals surface area contributed by atoms with Gasteiger partial charge in [0.15, 0.2) is 4.32 Å². The molecule has 0 aliphatic carbocycles. The highest BCUT2D eigenvalue weighted by atomic mass is 32.2. The number of carbonyl (C=O) groups excluding carboxylic acids is 1. The number of thioether (sulfide) groups is 1. The number of hydrogen-bond donors (Lipinski definition) is 0. The average molecular weight is 422 g/mol. The highest BCUT2D eigenvalue weighted by molar-refractivity contribution is 8.27. The number of hydrogen-bond acceptors (Lipinski definition) is 6. The molecule has 1 aliphatic rings. The fourth-order valence-corrected chi connectivity index (χ4v) is 4.15. The van der Waals surface area contributed by atoms with E-state index in [2.05, 4.69) is 0 Å². The molecule has 1 amide bonds. The second-order valence-corrected chi connectivity index (χ2v) is 8.04. The normalized spacial score (nSPS) is 15.3. The molecule has 1 aromatic heterocycles. The van der Waals surface area contributed by atoms with Gasteiger partial charge in [0.1, 0.15) is 11.5 Å². The summed E-state index contributed by atoms with van der Waals surface area (Å²) < 4.78 is 6.23. The molecule has 0 radical (unpaired) electrons. The van der Waals surface area contributed by atoms with Gasteiger partial charge in [0, 0.05) is 23.8 Å². The van der Waals surface area contributed by atoms with Crippen LogP contribution in [0.1, 0.15) is 11.3 Å². The molecule has 3 aromatic rings. The SMILES string of the molecule is Cc1ccc(N2C(=O)/C(=C/c3ccc(-c4cccc([N+](=O)[O-])c4)o3)SC2=S)cc1. The summed E-state index contributed by atoms with van der Waals surface area (Å²) in [6.07, 6.45) is 1.63. The van der Waals surface area contributed by atoms with Crippen molar-refractivity contribution in [2.75, 3.05) is 4.90 Å². The number of nitro benzene ring substituents is 1. The summed E-state index contributed by atoms with van der Waals surface area (Å²) in [5.41, 5.74) is 2.39. The third kappa shape index (κ3) is 3.85. The largest absolute Gasteiger partial charge is 0.457 e. The monoisotopic (exact) mass is 422 g/mol. The summed E-state index contributed by atoms with van der Waals surface area (Å²) >= 11 is 6.59. The number of carbonyl (C=O) groups is 1. The number of non-ortho nitro benzene ring substituents is 1. The zero-order valence-corrected chi connectivity index (χ0v) is 16.8. The number of nitro groups is 1. The van der Waals surface area contributed by atoms with Crippen LogP contribution in [0.25, 0.3) is 17.4 Å². The Balaban J connectivity index is 1.60. The maximum absolute atomic E-state index is 12.8. The van der Waals surface area contributed by atoms with E-state index >= 15 is 0 Å². The van der Waals surface area contributed by atoms with Gasteiger partial charge in [-0.3, -0.25) is 19.8 Å². The second-order valence-electron chi connectivity index (χ2n) is 6.36. The summed E-state index contributed by atoms with van der Waals surface area (Å²) in [5.74, 6) is 0.738. The standard InChI is InChI=1S/C21H14N2O4S2/c1-13-5-7-15(8-6-13)22-20(24)19(29-21(22)28)12-17-9-10-18(27-17)14-3-2-4-16(11-14)23(25)26/h2-12H,1H3/b19-12-. The number of nitrogens with zero attached hydrogens (tertiary/aromatic N) is 2. The Morgan fingerprint density at radius 2 is 1.90 bits per heavy atom. The molecule has 6 nitrogen and oxygen atoms in total. The predicted octanol–water partition coefficient (Wildman–Crippen LogP) is 5.57. The Bertz CT molecular complexity index is 1170. The lowest BCUT2D eigenvalue weighted by Crippen LogP contribution is -2.27. The molecule has 4 rings (SSSR count). The quantitative estimate of drug-likeness (QED) is 0.237. The number of thiocarbonyl (C=S) groups is 1. The molecule has 0 spiro atoms. The van der Waals surface area contributed by atoms with Gasteiger partial charge < -0.3 is 4.42 Å². The number of furan rings is 1. The molecule has 144 valence electrons. The second kappa shape index (κ2) is 7.65. The van der Waals surface area contributed by atoms with E-state index < -0.39 is 4.92 Å². The predicted molar refractivity (Wildman–Crippen MR) is 118 cm³/mol. The van der Waals surface area contributed by atoms with Crippen LogP contribution in [0, 0.1) is 17.0 Å². The molecule has 0 saturated carbocycles. The summed E-state index contributed by atoms with van der Waals surface area (Å²) in [6, 6.07) is 17.2. The van der Waals surface area contributed by atoms with E-state index in [1.807, 2.05) is 31.2 Å². The minimum Gasteiger partial charge on any atom is -0.457 e. The molecule has 0 unspecified atom stereocenters. The van der Waals surface area contributed by atoms with E-state index in [1.165, 1.54) is 28.8 Å². The molecule has 0 bridgehead atoms. The molecule has 0 atom stereocenters. The van der Waals surface area contributed by atoms with Crippen molar-refractivity contribution in [3.8, 4) is 11.3 Å². The first-order valence-electron chi connectivity index (χ1n) is 8.62. The van der Waals surface area contributed by atoms with E-state index in [4.69, 9.17) is 16.6 Å². The Hall–Kier alpha value is -3.23. The van der Waals surface area contributed by atoms with Crippen molar-refractivity contribution in [1.29, 1.82) is 0 Å². The highest BCUT2D eigenvalue weighted by Crippen LogP contribution is 2.36. The van der Waals surface area contributed by atoms with Gasteiger partial charge in [-0.25, -0.2) is 0 Å². The summed E-state index contributed by atoms with van der Waals surface area (Å²) in [7, 11) is 0. The minimum absolute atomic E-state index is 0.0144.